The third kappa shape index (κ3) is 6.04. The van der Waals surface area contributed by atoms with Crippen LogP contribution in [0.1, 0.15) is 64.2 Å². The first-order valence-corrected chi connectivity index (χ1v) is 13.7. The van der Waals surface area contributed by atoms with E-state index in [1.165, 1.54) is 24.5 Å². The van der Waals surface area contributed by atoms with E-state index in [1.54, 1.807) is 12.3 Å². The fraction of sp³-hybridized carbons (Fsp3) is 0.258. The van der Waals surface area contributed by atoms with Crippen molar-refractivity contribution in [1.29, 1.82) is 5.26 Å². The number of aromatic nitrogens is 2. The molecule has 210 valence electrons. The highest BCUT2D eigenvalue weighted by Gasteiger charge is 2.28. The largest absolute Gasteiger partial charge is 0.377 e. The first-order valence-electron chi connectivity index (χ1n) is 13.8. The monoisotopic (exact) mass is 571 g/mol. The molecule has 41 heavy (non-hydrogen) atoms. The van der Waals surface area contributed by atoms with Gasteiger partial charge in [0.25, 0.3) is 0 Å². The van der Waals surface area contributed by atoms with E-state index >= 15 is 0 Å². The van der Waals surface area contributed by atoms with Crippen LogP contribution in [0, 0.1) is 17.3 Å². The zero-order valence-corrected chi connectivity index (χ0v) is 24.0. The van der Waals surface area contributed by atoms with Gasteiger partial charge in [-0.05, 0) is 56.5 Å². The molecule has 2 atom stereocenters. The minimum Gasteiger partial charge on any atom is -0.377 e. The number of benzene rings is 2. The molecule has 2 aromatic heterocycles. The zero-order valence-electron chi connectivity index (χ0n) is 24.3. The summed E-state index contributed by atoms with van der Waals surface area (Å²) in [5, 5.41) is 19.6. The Labute approximate surface area is 245 Å². The number of nitrogens with one attached hydrogen (secondary N) is 4. The minimum atomic E-state index is -1.63. The third-order valence-corrected chi connectivity index (χ3v) is 7.11. The van der Waals surface area contributed by atoms with Crippen LogP contribution in [0.2, 0.25) is 5.02 Å². The van der Waals surface area contributed by atoms with Gasteiger partial charge < -0.3 is 16.1 Å². The number of rotatable bonds is 8. The molecule has 5 rings (SSSR count). The van der Waals surface area contributed by atoms with Gasteiger partial charge >= 0.3 is 0 Å². The average molecular weight is 572 g/mol. The summed E-state index contributed by atoms with van der Waals surface area (Å²) < 4.78 is 23.4. The maximum atomic E-state index is 13.8. The maximum absolute atomic E-state index is 13.8. The Hall–Kier alpha value is -4.39. The molecule has 3 heterocycles. The number of anilines is 2. The van der Waals surface area contributed by atoms with Crippen molar-refractivity contribution in [3.63, 3.8) is 0 Å². The molecule has 4 N–H and O–H groups in total. The number of fused-ring (bicyclic) bond motifs is 1. The second kappa shape index (κ2) is 11.6. The Kier molecular flexibility index (Phi) is 7.59. The second-order valence-electron chi connectivity index (χ2n) is 10.7. The van der Waals surface area contributed by atoms with E-state index in [9.17, 15) is 11.0 Å². The van der Waals surface area contributed by atoms with Crippen molar-refractivity contribution in [3.05, 3.63) is 107 Å². The maximum Gasteiger partial charge on any atom is 0.212 e. The molecular weight excluding hydrogens is 539 g/mol. The Morgan fingerprint density at radius 1 is 1.10 bits per heavy atom. The van der Waals surface area contributed by atoms with Crippen molar-refractivity contribution >= 4 is 33.9 Å². The molecule has 1 aliphatic heterocycles. The highest BCUT2D eigenvalue weighted by Crippen LogP contribution is 2.37. The number of hydrogen-bond donors (Lipinski definition) is 4. The number of hydrazine groups is 2. The van der Waals surface area contributed by atoms with Crippen LogP contribution in [0.4, 0.5) is 15.8 Å². The Morgan fingerprint density at radius 2 is 1.88 bits per heavy atom. The van der Waals surface area contributed by atoms with Crippen LogP contribution in [-0.2, 0) is 0 Å². The highest BCUT2D eigenvalue weighted by atomic mass is 35.5. The van der Waals surface area contributed by atoms with Gasteiger partial charge in [0.05, 0.1) is 40.9 Å². The normalized spacial score (nSPS) is 15.8. The van der Waals surface area contributed by atoms with E-state index < -0.39 is 12.0 Å². The predicted octanol–water partition coefficient (Wildman–Crippen LogP) is 6.98. The van der Waals surface area contributed by atoms with Crippen molar-refractivity contribution in [1.82, 2.24) is 25.9 Å². The number of nitriles is 1. The Bertz CT molecular complexity index is 1670. The molecule has 1 aliphatic rings. The molecule has 0 spiro atoms. The van der Waals surface area contributed by atoms with Crippen molar-refractivity contribution < 1.29 is 5.76 Å². The first kappa shape index (κ1) is 26.8. The van der Waals surface area contributed by atoms with E-state index in [0.29, 0.717) is 44.1 Å². The molecule has 1 unspecified atom stereocenters. The lowest BCUT2D eigenvalue weighted by atomic mass is 10.0. The summed E-state index contributed by atoms with van der Waals surface area (Å²) >= 11 is 6.77. The summed E-state index contributed by atoms with van der Waals surface area (Å²) in [6.07, 6.45) is 5.41. The molecule has 0 fully saturated rings. The van der Waals surface area contributed by atoms with E-state index in [4.69, 9.17) is 11.6 Å². The molecule has 0 radical (unpaired) electrons. The van der Waals surface area contributed by atoms with Gasteiger partial charge in [-0.1, -0.05) is 54.9 Å². The molecule has 4 aromatic rings. The molecule has 0 aliphatic carbocycles. The lowest BCUT2D eigenvalue weighted by molar-refractivity contribution is 0.138. The van der Waals surface area contributed by atoms with Crippen LogP contribution in [0.25, 0.3) is 10.9 Å². The van der Waals surface area contributed by atoms with E-state index in [1.807, 2.05) is 62.2 Å². The Morgan fingerprint density at radius 3 is 2.51 bits per heavy atom. The molecular formula is C31H32ClFN8. The predicted molar refractivity (Wildman–Crippen MR) is 161 cm³/mol. The molecule has 0 saturated heterocycles. The lowest BCUT2D eigenvalue weighted by Gasteiger charge is -2.30. The van der Waals surface area contributed by atoms with Crippen LogP contribution in [0.5, 0.6) is 0 Å². The van der Waals surface area contributed by atoms with Crippen molar-refractivity contribution in [2.45, 2.75) is 51.7 Å². The fourth-order valence-corrected chi connectivity index (χ4v) is 4.89. The van der Waals surface area contributed by atoms with Crippen molar-refractivity contribution in [3.8, 4) is 6.07 Å². The average Bonchev–Trinajstić information content (AvgIpc) is 3.49. The summed E-state index contributed by atoms with van der Waals surface area (Å²) in [6.45, 7) is 8.14. The standard InChI is InChI=1S/C31H32ClFN8/c1-5-25(19-9-7-6-8-10-19)38-28-21(15-34)17-36-30-23(28)13-22(14-24(30)32)37-29(20-11-12-27(33)35-16-20)26-18-41(40-39-26)31(2,3)4/h6-14,16-18,25,29,37,39-40H,5H2,1-4H3,(H,36,38)/t25-,29?/m1/s1/i29D. The minimum absolute atomic E-state index is 0.0675. The molecule has 0 amide bonds. The summed E-state index contributed by atoms with van der Waals surface area (Å²) in [6, 6.07) is 16.8. The molecule has 0 saturated carbocycles. The van der Waals surface area contributed by atoms with Gasteiger partial charge in [-0.3, -0.25) is 9.99 Å². The number of nitrogens with zero attached hydrogens (tertiary/aromatic N) is 4. The smallest absolute Gasteiger partial charge is 0.212 e. The summed E-state index contributed by atoms with van der Waals surface area (Å²) in [5.74, 6) is -0.646. The van der Waals surface area contributed by atoms with Crippen molar-refractivity contribution in [2.75, 3.05) is 10.6 Å². The Balaban J connectivity index is 1.62. The van der Waals surface area contributed by atoms with Crippen LogP contribution in [0.3, 0.4) is 0 Å². The number of hydrogen-bond acceptors (Lipinski definition) is 8. The van der Waals surface area contributed by atoms with Gasteiger partial charge in [-0.2, -0.15) is 9.65 Å². The second-order valence-corrected chi connectivity index (χ2v) is 11.1. The number of pyridine rings is 2. The van der Waals surface area contributed by atoms with Gasteiger partial charge in [0.15, 0.2) is 0 Å². The van der Waals surface area contributed by atoms with Crippen LogP contribution in [0.15, 0.2) is 78.9 Å². The van der Waals surface area contributed by atoms with Crippen LogP contribution in [-0.4, -0.2) is 20.5 Å². The van der Waals surface area contributed by atoms with E-state index in [0.717, 1.165) is 12.0 Å². The summed E-state index contributed by atoms with van der Waals surface area (Å²) in [4.78, 5) is 8.28. The summed E-state index contributed by atoms with van der Waals surface area (Å²) in [5.41, 5.74) is 9.79. The first-order chi connectivity index (χ1) is 20.0. The molecule has 2 aromatic carbocycles. The molecule has 0 bridgehead atoms. The fourth-order valence-electron chi connectivity index (χ4n) is 4.62. The lowest BCUT2D eigenvalue weighted by Crippen LogP contribution is -2.47. The van der Waals surface area contributed by atoms with E-state index in [-0.39, 0.29) is 11.6 Å². The highest BCUT2D eigenvalue weighted by molar-refractivity contribution is 6.35. The van der Waals surface area contributed by atoms with Gasteiger partial charge in [0, 0.05) is 35.2 Å². The number of halogens is 2. The SMILES string of the molecule is [2H]C(Nc1cc(Cl)c2ncc(C#N)c(N[C@H](CC)c3ccccc3)c2c1)(C1=CN(C(C)(C)C)NN1)c1ccc(F)nc1. The summed E-state index contributed by atoms with van der Waals surface area (Å²) in [7, 11) is 0. The van der Waals surface area contributed by atoms with Gasteiger partial charge in [-0.15, -0.1) is 5.53 Å². The van der Waals surface area contributed by atoms with Crippen LogP contribution < -0.4 is 21.6 Å². The molecule has 8 nitrogen and oxygen atoms in total. The van der Waals surface area contributed by atoms with Crippen molar-refractivity contribution in [2.24, 2.45) is 0 Å². The third-order valence-electron chi connectivity index (χ3n) is 6.82. The zero-order chi connectivity index (χ0) is 30.1. The van der Waals surface area contributed by atoms with Crippen LogP contribution >= 0.6 is 11.6 Å². The topological polar surface area (TPSA) is 101 Å². The van der Waals surface area contributed by atoms with Gasteiger partial charge in [-0.25, -0.2) is 4.98 Å². The quantitative estimate of drug-likeness (QED) is 0.168. The van der Waals surface area contributed by atoms with E-state index in [2.05, 4.69) is 44.6 Å². The van der Waals surface area contributed by atoms with Gasteiger partial charge in [0.1, 0.15) is 6.07 Å². The van der Waals surface area contributed by atoms with Gasteiger partial charge in [0.2, 0.25) is 5.95 Å². The molecule has 10 heteroatoms.